The van der Waals surface area contributed by atoms with Crippen LogP contribution < -0.4 is 0 Å². The summed E-state index contributed by atoms with van der Waals surface area (Å²) in [6.45, 7) is 6.78. The fourth-order valence-electron chi connectivity index (χ4n) is 5.02. The normalized spacial score (nSPS) is 16.2. The molecule has 0 radical (unpaired) electrons. The zero-order valence-corrected chi connectivity index (χ0v) is 22.0. The summed E-state index contributed by atoms with van der Waals surface area (Å²) in [5.41, 5.74) is 0. The third kappa shape index (κ3) is 17.0. The molecule has 3 nitrogen and oxygen atoms in total. The lowest BCUT2D eigenvalue weighted by atomic mass is 10.0. The number of ether oxygens (including phenoxy) is 1. The highest BCUT2D eigenvalue weighted by Crippen LogP contribution is 2.17. The summed E-state index contributed by atoms with van der Waals surface area (Å²) in [5, 5.41) is 0. The standard InChI is InChI=1S/C29H57NO2/c1-3-5-6-7-8-9-10-11-12-13-14-15-16-17-18-19-20-21-22-23-24-29(31)30-26-25-28(27-30)32-4-2/h28H,3-27H2,1-2H3/t28-/m0/s1. The van der Waals surface area contributed by atoms with Crippen LogP contribution in [0, 0.1) is 0 Å². The number of hydrogen-bond donors (Lipinski definition) is 0. The number of carbonyl (C=O) groups is 1. The Morgan fingerprint density at radius 1 is 0.656 bits per heavy atom. The van der Waals surface area contributed by atoms with Gasteiger partial charge in [0.2, 0.25) is 5.91 Å². The van der Waals surface area contributed by atoms with Crippen LogP contribution in [0.2, 0.25) is 0 Å². The van der Waals surface area contributed by atoms with Crippen molar-refractivity contribution < 1.29 is 9.53 Å². The highest BCUT2D eigenvalue weighted by Gasteiger charge is 2.25. The quantitative estimate of drug-likeness (QED) is 0.145. The molecule has 0 bridgehead atoms. The smallest absolute Gasteiger partial charge is 0.222 e. The Bertz CT molecular complexity index is 412. The number of carbonyl (C=O) groups excluding carboxylic acids is 1. The molecule has 1 rings (SSSR count). The molecule has 0 aromatic carbocycles. The predicted octanol–water partition coefficient (Wildman–Crippen LogP) is 8.84. The van der Waals surface area contributed by atoms with E-state index in [4.69, 9.17) is 4.74 Å². The molecule has 32 heavy (non-hydrogen) atoms. The summed E-state index contributed by atoms with van der Waals surface area (Å²) < 4.78 is 5.64. The number of likely N-dealkylation sites (tertiary alicyclic amines) is 1. The van der Waals surface area contributed by atoms with Gasteiger partial charge in [-0.2, -0.15) is 0 Å². The van der Waals surface area contributed by atoms with Crippen LogP contribution in [-0.2, 0) is 9.53 Å². The van der Waals surface area contributed by atoms with Crippen molar-refractivity contribution in [1.82, 2.24) is 4.90 Å². The first-order valence-electron chi connectivity index (χ1n) is 14.7. The molecule has 1 atom stereocenters. The minimum Gasteiger partial charge on any atom is -0.377 e. The molecular formula is C29H57NO2. The summed E-state index contributed by atoms with van der Waals surface area (Å²) in [4.78, 5) is 14.3. The Balaban J connectivity index is 1.72. The van der Waals surface area contributed by atoms with E-state index in [1.165, 1.54) is 122 Å². The zero-order valence-electron chi connectivity index (χ0n) is 22.0. The van der Waals surface area contributed by atoms with E-state index in [2.05, 4.69) is 6.92 Å². The van der Waals surface area contributed by atoms with Crippen LogP contribution in [-0.4, -0.2) is 36.6 Å². The van der Waals surface area contributed by atoms with Gasteiger partial charge in [-0.05, 0) is 19.8 Å². The van der Waals surface area contributed by atoms with Crippen molar-refractivity contribution in [3.8, 4) is 0 Å². The lowest BCUT2D eigenvalue weighted by Crippen LogP contribution is -2.29. The second-order valence-electron chi connectivity index (χ2n) is 10.2. The van der Waals surface area contributed by atoms with Crippen molar-refractivity contribution in [2.45, 2.75) is 161 Å². The van der Waals surface area contributed by atoms with Gasteiger partial charge in [-0.15, -0.1) is 0 Å². The monoisotopic (exact) mass is 451 g/mol. The summed E-state index contributed by atoms with van der Waals surface area (Å²) >= 11 is 0. The fourth-order valence-corrected chi connectivity index (χ4v) is 5.02. The van der Waals surface area contributed by atoms with Gasteiger partial charge in [-0.1, -0.05) is 129 Å². The molecule has 0 saturated carbocycles. The van der Waals surface area contributed by atoms with E-state index < -0.39 is 0 Å². The summed E-state index contributed by atoms with van der Waals surface area (Å²) in [5.74, 6) is 0.342. The molecule has 1 aliphatic rings. The van der Waals surface area contributed by atoms with Crippen LogP contribution >= 0.6 is 0 Å². The first-order chi connectivity index (χ1) is 15.8. The molecule has 0 spiro atoms. The van der Waals surface area contributed by atoms with Gasteiger partial charge < -0.3 is 9.64 Å². The largest absolute Gasteiger partial charge is 0.377 e. The molecule has 0 N–H and O–H groups in total. The second-order valence-corrected chi connectivity index (χ2v) is 10.2. The lowest BCUT2D eigenvalue weighted by Gasteiger charge is -2.16. The van der Waals surface area contributed by atoms with E-state index in [-0.39, 0.29) is 6.10 Å². The summed E-state index contributed by atoms with van der Waals surface area (Å²) in [6.07, 6.45) is 30.0. The fraction of sp³-hybridized carbons (Fsp3) is 0.966. The molecule has 0 aromatic rings. The first-order valence-corrected chi connectivity index (χ1v) is 14.7. The third-order valence-corrected chi connectivity index (χ3v) is 7.14. The van der Waals surface area contributed by atoms with Gasteiger partial charge in [-0.3, -0.25) is 4.79 Å². The van der Waals surface area contributed by atoms with E-state index in [1.807, 2.05) is 11.8 Å². The maximum atomic E-state index is 12.3. The molecule has 0 aromatic heterocycles. The molecular weight excluding hydrogens is 394 g/mol. The van der Waals surface area contributed by atoms with E-state index in [0.29, 0.717) is 5.91 Å². The second kappa shape index (κ2) is 22.2. The van der Waals surface area contributed by atoms with Crippen molar-refractivity contribution in [2.24, 2.45) is 0 Å². The molecule has 1 aliphatic heterocycles. The number of unbranched alkanes of at least 4 members (excludes halogenated alkanes) is 19. The minimum atomic E-state index is 0.277. The SMILES string of the molecule is CCCCCCCCCCCCCCCCCCCCCCC(=O)N1CC[C@H](OCC)C1. The zero-order chi connectivity index (χ0) is 23.1. The van der Waals surface area contributed by atoms with Gasteiger partial charge in [0.1, 0.15) is 0 Å². The molecule has 1 saturated heterocycles. The number of amides is 1. The molecule has 3 heteroatoms. The predicted molar refractivity (Wildman–Crippen MR) is 139 cm³/mol. The molecule has 1 heterocycles. The Kier molecular flexibility index (Phi) is 20.5. The maximum Gasteiger partial charge on any atom is 0.222 e. The Labute approximate surface area is 201 Å². The van der Waals surface area contributed by atoms with Crippen molar-refractivity contribution in [1.29, 1.82) is 0 Å². The van der Waals surface area contributed by atoms with Crippen LogP contribution in [0.1, 0.15) is 155 Å². The average molecular weight is 452 g/mol. The number of rotatable bonds is 23. The number of hydrogen-bond acceptors (Lipinski definition) is 2. The highest BCUT2D eigenvalue weighted by molar-refractivity contribution is 5.76. The van der Waals surface area contributed by atoms with Crippen LogP contribution in [0.25, 0.3) is 0 Å². The Hall–Kier alpha value is -0.570. The summed E-state index contributed by atoms with van der Waals surface area (Å²) in [6, 6.07) is 0. The third-order valence-electron chi connectivity index (χ3n) is 7.14. The topological polar surface area (TPSA) is 29.5 Å². The van der Waals surface area contributed by atoms with Gasteiger partial charge in [0, 0.05) is 26.1 Å². The summed E-state index contributed by atoms with van der Waals surface area (Å²) in [7, 11) is 0. The Morgan fingerprint density at radius 3 is 1.47 bits per heavy atom. The van der Waals surface area contributed by atoms with Crippen LogP contribution in [0.3, 0.4) is 0 Å². The van der Waals surface area contributed by atoms with E-state index >= 15 is 0 Å². The van der Waals surface area contributed by atoms with Crippen molar-refractivity contribution in [2.75, 3.05) is 19.7 Å². The van der Waals surface area contributed by atoms with Crippen LogP contribution in [0.4, 0.5) is 0 Å². The van der Waals surface area contributed by atoms with Gasteiger partial charge in [0.05, 0.1) is 6.10 Å². The first kappa shape index (κ1) is 29.5. The molecule has 1 fully saturated rings. The lowest BCUT2D eigenvalue weighted by molar-refractivity contribution is -0.130. The Morgan fingerprint density at radius 2 is 1.06 bits per heavy atom. The van der Waals surface area contributed by atoms with Gasteiger partial charge in [0.25, 0.3) is 0 Å². The molecule has 0 unspecified atom stereocenters. The molecule has 0 aliphatic carbocycles. The van der Waals surface area contributed by atoms with Crippen LogP contribution in [0.15, 0.2) is 0 Å². The van der Waals surface area contributed by atoms with Crippen molar-refractivity contribution >= 4 is 5.91 Å². The minimum absolute atomic E-state index is 0.277. The van der Waals surface area contributed by atoms with Gasteiger partial charge in [-0.25, -0.2) is 0 Å². The maximum absolute atomic E-state index is 12.3. The van der Waals surface area contributed by atoms with E-state index in [0.717, 1.165) is 39.0 Å². The van der Waals surface area contributed by atoms with Crippen LogP contribution in [0.5, 0.6) is 0 Å². The number of nitrogens with zero attached hydrogens (tertiary/aromatic N) is 1. The average Bonchev–Trinajstić information content (AvgIpc) is 3.26. The van der Waals surface area contributed by atoms with Gasteiger partial charge >= 0.3 is 0 Å². The molecule has 1 amide bonds. The van der Waals surface area contributed by atoms with E-state index in [1.54, 1.807) is 0 Å². The highest BCUT2D eigenvalue weighted by atomic mass is 16.5. The van der Waals surface area contributed by atoms with E-state index in [9.17, 15) is 4.79 Å². The van der Waals surface area contributed by atoms with Gasteiger partial charge in [0.15, 0.2) is 0 Å². The molecule has 190 valence electrons. The van der Waals surface area contributed by atoms with Crippen molar-refractivity contribution in [3.63, 3.8) is 0 Å². The van der Waals surface area contributed by atoms with Crippen molar-refractivity contribution in [3.05, 3.63) is 0 Å².